The minimum Gasteiger partial charge on any atom is -0.383 e. The lowest BCUT2D eigenvalue weighted by Crippen LogP contribution is -2.31. The zero-order valence-corrected chi connectivity index (χ0v) is 13.5. The zero-order valence-electron chi connectivity index (χ0n) is 13.5. The van der Waals surface area contributed by atoms with Crippen molar-refractivity contribution in [2.24, 2.45) is 0 Å². The number of unbranched alkanes of at least 4 members (excludes halogenated alkanes) is 1. The van der Waals surface area contributed by atoms with E-state index < -0.39 is 5.60 Å². The molecule has 1 aliphatic heterocycles. The quantitative estimate of drug-likeness (QED) is 0.862. The Balaban J connectivity index is 1.91. The minimum absolute atomic E-state index is 0.0601. The molecule has 23 heavy (non-hydrogen) atoms. The monoisotopic (exact) mass is 313 g/mol. The maximum absolute atomic E-state index is 11.5. The Morgan fingerprint density at radius 3 is 3.00 bits per heavy atom. The molecule has 0 radical (unpaired) electrons. The number of hydrogen-bond acceptors (Lipinski definition) is 3. The van der Waals surface area contributed by atoms with Crippen LogP contribution in [-0.4, -0.2) is 20.6 Å². The van der Waals surface area contributed by atoms with E-state index in [9.17, 15) is 9.90 Å². The summed E-state index contributed by atoms with van der Waals surface area (Å²) in [5.74, 6) is 0.0601. The second-order valence-electron chi connectivity index (χ2n) is 6.29. The minimum atomic E-state index is -0.923. The molecule has 1 aromatic heterocycles. The molecule has 2 aromatic rings. The van der Waals surface area contributed by atoms with E-state index in [1.807, 2.05) is 29.0 Å². The summed E-state index contributed by atoms with van der Waals surface area (Å²) in [6.07, 6.45) is 9.25. The van der Waals surface area contributed by atoms with Crippen LogP contribution in [0.2, 0.25) is 0 Å². The lowest BCUT2D eigenvalue weighted by Gasteiger charge is -2.30. The predicted molar refractivity (Wildman–Crippen MR) is 89.0 cm³/mol. The van der Waals surface area contributed by atoms with Crippen LogP contribution in [-0.2, 0) is 23.4 Å². The van der Waals surface area contributed by atoms with E-state index in [1.165, 1.54) is 0 Å². The third kappa shape index (κ3) is 3.45. The van der Waals surface area contributed by atoms with Crippen LogP contribution in [0.5, 0.6) is 0 Å². The van der Waals surface area contributed by atoms with Gasteiger partial charge in [-0.2, -0.15) is 0 Å². The number of rotatable bonds is 6. The van der Waals surface area contributed by atoms with Crippen LogP contribution < -0.4 is 5.32 Å². The van der Waals surface area contributed by atoms with E-state index in [4.69, 9.17) is 0 Å². The van der Waals surface area contributed by atoms with Crippen molar-refractivity contribution in [1.82, 2.24) is 9.55 Å². The second-order valence-corrected chi connectivity index (χ2v) is 6.29. The number of fused-ring (bicyclic) bond motifs is 1. The molecule has 1 aromatic carbocycles. The Morgan fingerprint density at radius 1 is 1.39 bits per heavy atom. The first kappa shape index (κ1) is 15.7. The van der Waals surface area contributed by atoms with Gasteiger partial charge in [-0.15, -0.1) is 0 Å². The van der Waals surface area contributed by atoms with E-state index in [0.29, 0.717) is 19.4 Å². The van der Waals surface area contributed by atoms with Gasteiger partial charge in [0.1, 0.15) is 5.60 Å². The number of hydrogen-bond donors (Lipinski definition) is 2. The molecule has 0 aliphatic carbocycles. The Morgan fingerprint density at radius 2 is 2.26 bits per heavy atom. The average Bonchev–Trinajstić information content (AvgIpc) is 3.05. The molecule has 0 fully saturated rings. The largest absolute Gasteiger partial charge is 0.383 e. The predicted octanol–water partition coefficient (Wildman–Crippen LogP) is 2.85. The molecule has 1 amide bonds. The van der Waals surface area contributed by atoms with Crippen molar-refractivity contribution >= 4 is 11.6 Å². The van der Waals surface area contributed by atoms with Crippen LogP contribution >= 0.6 is 0 Å². The Hall–Kier alpha value is -2.14. The van der Waals surface area contributed by atoms with Crippen molar-refractivity contribution in [2.75, 3.05) is 5.32 Å². The molecule has 0 bridgehead atoms. The molecule has 1 atom stereocenters. The second kappa shape index (κ2) is 6.54. The van der Waals surface area contributed by atoms with Gasteiger partial charge in [0.25, 0.3) is 0 Å². The number of nitrogens with zero attached hydrogens (tertiary/aromatic N) is 2. The summed E-state index contributed by atoms with van der Waals surface area (Å²) in [6.45, 7) is 2.61. The summed E-state index contributed by atoms with van der Waals surface area (Å²) >= 11 is 0. The van der Waals surface area contributed by atoms with Crippen molar-refractivity contribution < 1.29 is 9.90 Å². The first-order valence-electron chi connectivity index (χ1n) is 8.22. The maximum Gasteiger partial charge on any atom is 0.224 e. The number of carbonyl (C=O) groups excluding carboxylic acids is 1. The van der Waals surface area contributed by atoms with Crippen LogP contribution in [0, 0.1) is 0 Å². The summed E-state index contributed by atoms with van der Waals surface area (Å²) in [5.41, 5.74) is 1.95. The van der Waals surface area contributed by atoms with Crippen molar-refractivity contribution in [3.63, 3.8) is 0 Å². The number of carbonyl (C=O) groups is 1. The number of benzene rings is 1. The molecule has 0 saturated carbocycles. The standard InChI is InChI=1S/C18H23N3O2/c1-2-3-8-18(23,12-21-10-9-19-13-21)15-5-6-16-14(11-15)4-7-17(22)20-16/h5-6,9-11,13,23H,2-4,7-8,12H2,1H3,(H,20,22). The Kier molecular flexibility index (Phi) is 4.48. The van der Waals surface area contributed by atoms with Gasteiger partial charge >= 0.3 is 0 Å². The molecule has 1 aliphatic rings. The van der Waals surface area contributed by atoms with Crippen LogP contribution in [0.25, 0.3) is 0 Å². The highest BCUT2D eigenvalue weighted by Crippen LogP contribution is 2.33. The van der Waals surface area contributed by atoms with Gasteiger partial charge < -0.3 is 15.0 Å². The lowest BCUT2D eigenvalue weighted by atomic mass is 9.86. The number of aliphatic hydroxyl groups is 1. The molecular formula is C18H23N3O2. The number of amides is 1. The van der Waals surface area contributed by atoms with Gasteiger partial charge in [0.2, 0.25) is 5.91 Å². The molecular weight excluding hydrogens is 290 g/mol. The zero-order chi connectivity index (χ0) is 16.3. The molecule has 5 heteroatoms. The first-order valence-corrected chi connectivity index (χ1v) is 8.22. The summed E-state index contributed by atoms with van der Waals surface area (Å²) in [7, 11) is 0. The Labute approximate surface area is 136 Å². The summed E-state index contributed by atoms with van der Waals surface area (Å²) in [6, 6.07) is 5.88. The van der Waals surface area contributed by atoms with Crippen molar-refractivity contribution in [2.45, 2.75) is 51.2 Å². The van der Waals surface area contributed by atoms with E-state index in [0.717, 1.165) is 36.1 Å². The number of aromatic nitrogens is 2. The van der Waals surface area contributed by atoms with Gasteiger partial charge in [-0.25, -0.2) is 4.98 Å². The van der Waals surface area contributed by atoms with Crippen LogP contribution in [0.4, 0.5) is 5.69 Å². The van der Waals surface area contributed by atoms with Crippen molar-refractivity contribution in [3.05, 3.63) is 48.0 Å². The number of anilines is 1. The van der Waals surface area contributed by atoms with E-state index in [2.05, 4.69) is 17.2 Å². The van der Waals surface area contributed by atoms with E-state index in [1.54, 1.807) is 12.5 Å². The highest BCUT2D eigenvalue weighted by molar-refractivity contribution is 5.93. The fraction of sp³-hybridized carbons (Fsp3) is 0.444. The van der Waals surface area contributed by atoms with Gasteiger partial charge in [-0.3, -0.25) is 4.79 Å². The molecule has 2 heterocycles. The molecule has 0 spiro atoms. The van der Waals surface area contributed by atoms with Gasteiger partial charge in [0.15, 0.2) is 0 Å². The third-order valence-corrected chi connectivity index (χ3v) is 4.49. The maximum atomic E-state index is 11.5. The van der Waals surface area contributed by atoms with Gasteiger partial charge in [0, 0.05) is 24.5 Å². The first-order chi connectivity index (χ1) is 11.1. The molecule has 5 nitrogen and oxygen atoms in total. The van der Waals surface area contributed by atoms with Crippen LogP contribution in [0.1, 0.15) is 43.7 Å². The highest BCUT2D eigenvalue weighted by atomic mass is 16.3. The summed E-state index contributed by atoms with van der Waals surface area (Å²) in [4.78, 5) is 15.6. The Bertz CT molecular complexity index is 682. The molecule has 122 valence electrons. The normalized spacial score (nSPS) is 16.5. The topological polar surface area (TPSA) is 67.1 Å². The number of aryl methyl sites for hydroxylation is 1. The van der Waals surface area contributed by atoms with Crippen molar-refractivity contribution in [1.29, 1.82) is 0 Å². The van der Waals surface area contributed by atoms with Crippen LogP contribution in [0.3, 0.4) is 0 Å². The molecule has 0 saturated heterocycles. The van der Waals surface area contributed by atoms with Crippen molar-refractivity contribution in [3.8, 4) is 0 Å². The number of nitrogens with one attached hydrogen (secondary N) is 1. The van der Waals surface area contributed by atoms with Crippen LogP contribution in [0.15, 0.2) is 36.9 Å². The lowest BCUT2D eigenvalue weighted by molar-refractivity contribution is -0.116. The fourth-order valence-corrected chi connectivity index (χ4v) is 3.14. The highest BCUT2D eigenvalue weighted by Gasteiger charge is 2.30. The average molecular weight is 313 g/mol. The van der Waals surface area contributed by atoms with Gasteiger partial charge in [-0.05, 0) is 30.0 Å². The van der Waals surface area contributed by atoms with Gasteiger partial charge in [0.05, 0.1) is 12.9 Å². The van der Waals surface area contributed by atoms with E-state index >= 15 is 0 Å². The van der Waals surface area contributed by atoms with E-state index in [-0.39, 0.29) is 5.91 Å². The summed E-state index contributed by atoms with van der Waals surface area (Å²) in [5, 5.41) is 14.2. The SMILES string of the molecule is CCCCC(O)(Cn1ccnc1)c1ccc2c(c1)CCC(=O)N2. The molecule has 1 unspecified atom stereocenters. The molecule has 2 N–H and O–H groups in total. The third-order valence-electron chi connectivity index (χ3n) is 4.49. The summed E-state index contributed by atoms with van der Waals surface area (Å²) < 4.78 is 1.91. The van der Waals surface area contributed by atoms with Gasteiger partial charge in [-0.1, -0.05) is 31.9 Å². The molecule has 3 rings (SSSR count). The number of imidazole rings is 1. The fourth-order valence-electron chi connectivity index (χ4n) is 3.14. The smallest absolute Gasteiger partial charge is 0.224 e.